The summed E-state index contributed by atoms with van der Waals surface area (Å²) in [6.07, 6.45) is -4.73. The molecule has 1 atom stereocenters. The van der Waals surface area contributed by atoms with Crippen molar-refractivity contribution in [3.8, 4) is 11.1 Å². The van der Waals surface area contributed by atoms with Gasteiger partial charge in [0.1, 0.15) is 6.04 Å². The number of hydrazine groups is 1. The van der Waals surface area contributed by atoms with Gasteiger partial charge in [-0.1, -0.05) is 78.3 Å². The van der Waals surface area contributed by atoms with E-state index in [1.807, 2.05) is 30.3 Å². The lowest BCUT2D eigenvalue weighted by molar-refractivity contribution is -0.139. The van der Waals surface area contributed by atoms with Crippen LogP contribution in [0.3, 0.4) is 0 Å². The fraction of sp³-hybridized carbons (Fsp3) is 0.129. The minimum Gasteiger partial charge on any atom is -0.480 e. The van der Waals surface area contributed by atoms with Crippen LogP contribution in [0.1, 0.15) is 27.0 Å². The number of aliphatic carboxylic acids is 1. The Kier molecular flexibility index (Phi) is 9.49. The highest BCUT2D eigenvalue weighted by Gasteiger charge is 2.31. The quantitative estimate of drug-likeness (QED) is 0.200. The summed E-state index contributed by atoms with van der Waals surface area (Å²) >= 11 is 5.89. The number of carbonyl (C=O) groups excluding carboxylic acids is 2. The normalized spacial score (nSPS) is 11.8. The minimum atomic E-state index is -4.63. The van der Waals surface area contributed by atoms with Gasteiger partial charge in [0.25, 0.3) is 5.91 Å². The lowest BCUT2D eigenvalue weighted by Gasteiger charge is -2.26. The maximum absolute atomic E-state index is 13.3. The SMILES string of the molecule is O=C(NN(Cc1cccc(C(F)(F)F)c1)C(=O)NC(Cc1ccc(Cl)cc1)C(=O)O)c1ccc(-c2ccccc2)cc1. The zero-order valence-electron chi connectivity index (χ0n) is 21.9. The van der Waals surface area contributed by atoms with Gasteiger partial charge in [-0.2, -0.15) is 13.2 Å². The number of hydrogen-bond acceptors (Lipinski definition) is 3. The number of amides is 3. The van der Waals surface area contributed by atoms with Gasteiger partial charge in [0.15, 0.2) is 0 Å². The highest BCUT2D eigenvalue weighted by Crippen LogP contribution is 2.29. The molecule has 0 aliphatic rings. The third-order valence-corrected chi connectivity index (χ3v) is 6.53. The number of nitrogens with one attached hydrogen (secondary N) is 2. The van der Waals surface area contributed by atoms with Crippen molar-refractivity contribution in [2.45, 2.75) is 25.2 Å². The van der Waals surface area contributed by atoms with Gasteiger partial charge in [-0.25, -0.2) is 14.6 Å². The molecule has 0 aliphatic heterocycles. The van der Waals surface area contributed by atoms with Crippen molar-refractivity contribution in [1.29, 1.82) is 0 Å². The Hall–Kier alpha value is -4.83. The van der Waals surface area contributed by atoms with Gasteiger partial charge in [0, 0.05) is 17.0 Å². The van der Waals surface area contributed by atoms with Gasteiger partial charge in [-0.15, -0.1) is 0 Å². The second kappa shape index (κ2) is 13.2. The lowest BCUT2D eigenvalue weighted by Crippen LogP contribution is -2.54. The standard InChI is InChI=1S/C31H25ClF3N3O4/c32-26-15-9-20(10-16-26)18-27(29(40)41)36-30(42)38(19-21-5-4-8-25(17-21)31(33,34)35)37-28(39)24-13-11-23(12-14-24)22-6-2-1-3-7-22/h1-17,27H,18-19H2,(H,36,42)(H,37,39)(H,40,41). The van der Waals surface area contributed by atoms with E-state index in [9.17, 15) is 32.7 Å². The Labute approximate surface area is 244 Å². The fourth-order valence-corrected chi connectivity index (χ4v) is 4.23. The molecule has 42 heavy (non-hydrogen) atoms. The number of hydrogen-bond donors (Lipinski definition) is 3. The van der Waals surface area contributed by atoms with Crippen molar-refractivity contribution in [3.05, 3.63) is 130 Å². The summed E-state index contributed by atoms with van der Waals surface area (Å²) in [7, 11) is 0. The smallest absolute Gasteiger partial charge is 0.416 e. The average Bonchev–Trinajstić information content (AvgIpc) is 2.97. The summed E-state index contributed by atoms with van der Waals surface area (Å²) < 4.78 is 39.9. The highest BCUT2D eigenvalue weighted by molar-refractivity contribution is 6.30. The summed E-state index contributed by atoms with van der Waals surface area (Å²) in [5.41, 5.74) is 4.04. The molecule has 0 saturated carbocycles. The van der Waals surface area contributed by atoms with E-state index in [-0.39, 0.29) is 17.5 Å². The number of carboxylic acid groups (broad SMARTS) is 1. The monoisotopic (exact) mass is 595 g/mol. The Morgan fingerprint density at radius 3 is 2.07 bits per heavy atom. The minimum absolute atomic E-state index is 0.0595. The van der Waals surface area contributed by atoms with Crippen LogP contribution in [0.2, 0.25) is 5.02 Å². The van der Waals surface area contributed by atoms with E-state index >= 15 is 0 Å². The molecule has 1 unspecified atom stereocenters. The Bertz CT molecular complexity index is 1550. The van der Waals surface area contributed by atoms with Gasteiger partial charge in [-0.05, 0) is 58.7 Å². The molecular formula is C31H25ClF3N3O4. The first kappa shape index (κ1) is 30.1. The fourth-order valence-electron chi connectivity index (χ4n) is 4.11. The Morgan fingerprint density at radius 1 is 0.810 bits per heavy atom. The average molecular weight is 596 g/mol. The zero-order chi connectivity index (χ0) is 30.3. The summed E-state index contributed by atoms with van der Waals surface area (Å²) in [5, 5.41) is 13.3. The predicted octanol–water partition coefficient (Wildman–Crippen LogP) is 6.58. The third kappa shape index (κ3) is 8.11. The van der Waals surface area contributed by atoms with Crippen LogP contribution in [-0.2, 0) is 23.9 Å². The Morgan fingerprint density at radius 2 is 1.45 bits per heavy atom. The molecule has 4 aromatic carbocycles. The molecule has 0 saturated heterocycles. The molecule has 216 valence electrons. The maximum atomic E-state index is 13.3. The van der Waals surface area contributed by atoms with E-state index in [0.717, 1.165) is 28.3 Å². The first-order valence-corrected chi connectivity index (χ1v) is 13.1. The molecular weight excluding hydrogens is 571 g/mol. The van der Waals surface area contributed by atoms with Crippen molar-refractivity contribution in [2.75, 3.05) is 0 Å². The predicted molar refractivity (Wildman–Crippen MR) is 151 cm³/mol. The zero-order valence-corrected chi connectivity index (χ0v) is 22.7. The third-order valence-electron chi connectivity index (χ3n) is 6.28. The Balaban J connectivity index is 1.56. The molecule has 4 rings (SSSR count). The van der Waals surface area contributed by atoms with Gasteiger partial charge in [-0.3, -0.25) is 10.2 Å². The highest BCUT2D eigenvalue weighted by atomic mass is 35.5. The van der Waals surface area contributed by atoms with Crippen molar-refractivity contribution in [1.82, 2.24) is 15.8 Å². The molecule has 0 aliphatic carbocycles. The lowest BCUT2D eigenvalue weighted by atomic mass is 10.0. The molecule has 11 heteroatoms. The number of nitrogens with zero attached hydrogens (tertiary/aromatic N) is 1. The number of urea groups is 1. The van der Waals surface area contributed by atoms with Gasteiger partial charge < -0.3 is 10.4 Å². The van der Waals surface area contributed by atoms with Gasteiger partial charge in [0.2, 0.25) is 0 Å². The number of carbonyl (C=O) groups is 3. The van der Waals surface area contributed by atoms with Crippen LogP contribution in [0.25, 0.3) is 11.1 Å². The molecule has 0 bridgehead atoms. The molecule has 3 N–H and O–H groups in total. The topological polar surface area (TPSA) is 98.7 Å². The van der Waals surface area contributed by atoms with Crippen LogP contribution >= 0.6 is 11.6 Å². The van der Waals surface area contributed by atoms with Crippen LogP contribution in [0.15, 0.2) is 103 Å². The molecule has 0 aromatic heterocycles. The largest absolute Gasteiger partial charge is 0.480 e. The molecule has 7 nitrogen and oxygen atoms in total. The number of halogens is 4. The van der Waals surface area contributed by atoms with Gasteiger partial charge >= 0.3 is 18.2 Å². The molecule has 0 heterocycles. The van der Waals surface area contributed by atoms with E-state index in [0.29, 0.717) is 10.6 Å². The number of carboxylic acids is 1. The second-order valence-corrected chi connectivity index (χ2v) is 9.78. The van der Waals surface area contributed by atoms with E-state index in [1.54, 1.807) is 48.5 Å². The molecule has 0 fully saturated rings. The van der Waals surface area contributed by atoms with Crippen LogP contribution in [-0.4, -0.2) is 34.1 Å². The maximum Gasteiger partial charge on any atom is 0.416 e. The van der Waals surface area contributed by atoms with Crippen LogP contribution in [0.4, 0.5) is 18.0 Å². The summed E-state index contributed by atoms with van der Waals surface area (Å²) in [6.45, 7) is -0.475. The number of alkyl halides is 3. The van der Waals surface area contributed by atoms with E-state index in [4.69, 9.17) is 11.6 Å². The number of benzene rings is 4. The molecule has 3 amide bonds. The van der Waals surface area contributed by atoms with Crippen molar-refractivity contribution in [3.63, 3.8) is 0 Å². The van der Waals surface area contributed by atoms with Gasteiger partial charge in [0.05, 0.1) is 12.1 Å². The van der Waals surface area contributed by atoms with Crippen molar-refractivity contribution < 1.29 is 32.7 Å². The van der Waals surface area contributed by atoms with Crippen molar-refractivity contribution >= 4 is 29.5 Å². The number of rotatable bonds is 8. The van der Waals surface area contributed by atoms with Crippen LogP contribution in [0, 0.1) is 0 Å². The summed E-state index contributed by atoms with van der Waals surface area (Å²) in [5.74, 6) is -2.07. The van der Waals surface area contributed by atoms with Crippen LogP contribution < -0.4 is 10.7 Å². The first-order chi connectivity index (χ1) is 20.0. The van der Waals surface area contributed by atoms with E-state index in [2.05, 4.69) is 10.7 Å². The second-order valence-electron chi connectivity index (χ2n) is 9.34. The summed E-state index contributed by atoms with van der Waals surface area (Å²) in [6, 6.07) is 24.1. The van der Waals surface area contributed by atoms with Crippen molar-refractivity contribution in [2.24, 2.45) is 0 Å². The van der Waals surface area contributed by atoms with Crippen LogP contribution in [0.5, 0.6) is 0 Å². The molecule has 0 spiro atoms. The van der Waals surface area contributed by atoms with E-state index < -0.39 is 42.2 Å². The summed E-state index contributed by atoms with van der Waals surface area (Å²) in [4.78, 5) is 38.4. The molecule has 0 radical (unpaired) electrons. The molecule has 4 aromatic rings. The van der Waals surface area contributed by atoms with E-state index in [1.165, 1.54) is 12.1 Å². The first-order valence-electron chi connectivity index (χ1n) is 12.7.